The van der Waals surface area contributed by atoms with Crippen molar-refractivity contribution in [3.05, 3.63) is 35.4 Å². The van der Waals surface area contributed by atoms with Gasteiger partial charge in [0.05, 0.1) is 38.6 Å². The zero-order valence-corrected chi connectivity index (χ0v) is 12.0. The number of ether oxygens (including phenoxy) is 3. The maximum Gasteiger partial charge on any atom is 0.338 e. The van der Waals surface area contributed by atoms with Crippen LogP contribution in [0.4, 0.5) is 0 Å². The van der Waals surface area contributed by atoms with Crippen molar-refractivity contribution in [2.45, 2.75) is 6.61 Å². The second-order valence-corrected chi connectivity index (χ2v) is 4.28. The summed E-state index contributed by atoms with van der Waals surface area (Å²) >= 11 is 5.44. The van der Waals surface area contributed by atoms with Crippen LogP contribution in [0.15, 0.2) is 24.3 Å². The van der Waals surface area contributed by atoms with Gasteiger partial charge in [0.1, 0.15) is 6.61 Å². The van der Waals surface area contributed by atoms with Crippen molar-refractivity contribution >= 4 is 17.6 Å². The second kappa shape index (κ2) is 10.6. The largest absolute Gasteiger partial charge is 0.460 e. The first-order valence-corrected chi connectivity index (χ1v) is 6.89. The molecular formula is C14H19ClO5. The van der Waals surface area contributed by atoms with E-state index in [1.54, 1.807) is 24.3 Å². The van der Waals surface area contributed by atoms with E-state index in [2.05, 4.69) is 0 Å². The van der Waals surface area contributed by atoms with Gasteiger partial charge in [0.2, 0.25) is 0 Å². The Balaban J connectivity index is 2.10. The molecule has 0 heterocycles. The molecule has 5 nitrogen and oxygen atoms in total. The summed E-state index contributed by atoms with van der Waals surface area (Å²) in [6.45, 7) is 1.89. The molecule has 0 unspecified atom stereocenters. The van der Waals surface area contributed by atoms with E-state index in [1.807, 2.05) is 0 Å². The lowest BCUT2D eigenvalue weighted by Gasteiger charge is -2.07. The molecule has 0 atom stereocenters. The van der Waals surface area contributed by atoms with Crippen molar-refractivity contribution in [1.29, 1.82) is 0 Å². The van der Waals surface area contributed by atoms with Crippen molar-refractivity contribution in [2.75, 3.05) is 38.9 Å². The molecule has 0 spiro atoms. The van der Waals surface area contributed by atoms with Crippen LogP contribution < -0.4 is 0 Å². The Kier molecular flexibility index (Phi) is 8.98. The molecule has 6 heteroatoms. The van der Waals surface area contributed by atoms with Gasteiger partial charge in [-0.1, -0.05) is 12.1 Å². The van der Waals surface area contributed by atoms with Crippen LogP contribution in [-0.4, -0.2) is 50.0 Å². The summed E-state index contributed by atoms with van der Waals surface area (Å²) in [5.74, 6) is 0.0589. The molecule has 0 bridgehead atoms. The van der Waals surface area contributed by atoms with Crippen LogP contribution in [0.25, 0.3) is 0 Å². The number of aliphatic hydroxyl groups is 1. The maximum absolute atomic E-state index is 11.6. The van der Waals surface area contributed by atoms with E-state index in [4.69, 9.17) is 30.9 Å². The molecule has 20 heavy (non-hydrogen) atoms. The van der Waals surface area contributed by atoms with Crippen LogP contribution in [-0.2, 0) is 20.8 Å². The fourth-order valence-corrected chi connectivity index (χ4v) is 1.51. The SMILES string of the molecule is O=C(OCCOCCOCCCl)c1ccc(CO)cc1. The van der Waals surface area contributed by atoms with Gasteiger partial charge in [0, 0.05) is 5.88 Å². The number of alkyl halides is 1. The number of esters is 1. The van der Waals surface area contributed by atoms with E-state index in [1.165, 1.54) is 0 Å². The Morgan fingerprint density at radius 2 is 1.60 bits per heavy atom. The fourth-order valence-electron chi connectivity index (χ4n) is 1.40. The zero-order chi connectivity index (χ0) is 14.6. The van der Waals surface area contributed by atoms with E-state index in [0.717, 1.165) is 5.56 Å². The van der Waals surface area contributed by atoms with E-state index >= 15 is 0 Å². The number of carbonyl (C=O) groups excluding carboxylic acids is 1. The van der Waals surface area contributed by atoms with Crippen LogP contribution in [0.1, 0.15) is 15.9 Å². The van der Waals surface area contributed by atoms with Crippen molar-refractivity contribution in [3.8, 4) is 0 Å². The van der Waals surface area contributed by atoms with Crippen LogP contribution in [0, 0.1) is 0 Å². The Labute approximate surface area is 123 Å². The molecule has 1 rings (SSSR count). The Morgan fingerprint density at radius 3 is 2.20 bits per heavy atom. The smallest absolute Gasteiger partial charge is 0.338 e. The highest BCUT2D eigenvalue weighted by molar-refractivity contribution is 6.17. The summed E-state index contributed by atoms with van der Waals surface area (Å²) < 4.78 is 15.4. The third kappa shape index (κ3) is 6.86. The highest BCUT2D eigenvalue weighted by Crippen LogP contribution is 2.05. The molecule has 0 radical (unpaired) electrons. The molecule has 0 aromatic heterocycles. The zero-order valence-electron chi connectivity index (χ0n) is 11.2. The van der Waals surface area contributed by atoms with Gasteiger partial charge in [-0.2, -0.15) is 0 Å². The minimum absolute atomic E-state index is 0.0467. The first-order chi connectivity index (χ1) is 9.77. The number of halogens is 1. The Morgan fingerprint density at radius 1 is 1.00 bits per heavy atom. The summed E-state index contributed by atoms with van der Waals surface area (Å²) in [5, 5.41) is 8.89. The molecule has 0 fully saturated rings. The topological polar surface area (TPSA) is 65.0 Å². The number of hydrogen-bond donors (Lipinski definition) is 1. The van der Waals surface area contributed by atoms with Gasteiger partial charge in [0.25, 0.3) is 0 Å². The first kappa shape index (κ1) is 16.9. The predicted molar refractivity (Wildman–Crippen MR) is 75.0 cm³/mol. The lowest BCUT2D eigenvalue weighted by atomic mass is 10.1. The molecule has 112 valence electrons. The molecule has 0 aliphatic carbocycles. The van der Waals surface area contributed by atoms with Gasteiger partial charge in [-0.25, -0.2) is 4.79 Å². The molecular weight excluding hydrogens is 284 g/mol. The maximum atomic E-state index is 11.6. The van der Waals surface area contributed by atoms with Crippen LogP contribution >= 0.6 is 11.6 Å². The van der Waals surface area contributed by atoms with Crippen molar-refractivity contribution < 1.29 is 24.1 Å². The van der Waals surface area contributed by atoms with Crippen LogP contribution in [0.3, 0.4) is 0 Å². The van der Waals surface area contributed by atoms with Gasteiger partial charge in [-0.05, 0) is 17.7 Å². The van der Waals surface area contributed by atoms with E-state index in [0.29, 0.717) is 37.9 Å². The molecule has 0 saturated carbocycles. The van der Waals surface area contributed by atoms with Crippen molar-refractivity contribution in [3.63, 3.8) is 0 Å². The minimum atomic E-state index is -0.406. The fraction of sp³-hybridized carbons (Fsp3) is 0.500. The predicted octanol–water partition coefficient (Wildman–Crippen LogP) is 1.61. The summed E-state index contributed by atoms with van der Waals surface area (Å²) in [6.07, 6.45) is 0. The summed E-state index contributed by atoms with van der Waals surface area (Å²) in [7, 11) is 0. The summed E-state index contributed by atoms with van der Waals surface area (Å²) in [4.78, 5) is 11.6. The molecule has 0 aliphatic rings. The Bertz CT molecular complexity index is 380. The van der Waals surface area contributed by atoms with Gasteiger partial charge in [-0.3, -0.25) is 0 Å². The molecule has 0 amide bonds. The van der Waals surface area contributed by atoms with Gasteiger partial charge < -0.3 is 19.3 Å². The lowest BCUT2D eigenvalue weighted by molar-refractivity contribution is 0.0166. The minimum Gasteiger partial charge on any atom is -0.460 e. The standard InChI is InChI=1S/C14H19ClO5/c15-5-6-18-7-8-19-9-10-20-14(17)13-3-1-12(11-16)2-4-13/h1-4,16H,5-11H2. The van der Waals surface area contributed by atoms with Gasteiger partial charge in [-0.15, -0.1) is 11.6 Å². The van der Waals surface area contributed by atoms with Crippen LogP contribution in [0.5, 0.6) is 0 Å². The highest BCUT2D eigenvalue weighted by Gasteiger charge is 2.06. The van der Waals surface area contributed by atoms with Crippen LogP contribution in [0.2, 0.25) is 0 Å². The van der Waals surface area contributed by atoms with Crippen molar-refractivity contribution in [1.82, 2.24) is 0 Å². The lowest BCUT2D eigenvalue weighted by Crippen LogP contribution is -2.13. The molecule has 0 saturated heterocycles. The quantitative estimate of drug-likeness (QED) is 0.404. The number of hydrogen-bond acceptors (Lipinski definition) is 5. The molecule has 1 aromatic rings. The van der Waals surface area contributed by atoms with Gasteiger partial charge in [0.15, 0.2) is 0 Å². The highest BCUT2D eigenvalue weighted by atomic mass is 35.5. The number of rotatable bonds is 10. The number of carbonyl (C=O) groups is 1. The summed E-state index contributed by atoms with van der Waals surface area (Å²) in [5.41, 5.74) is 1.20. The average Bonchev–Trinajstić information content (AvgIpc) is 2.50. The van der Waals surface area contributed by atoms with E-state index in [9.17, 15) is 4.79 Å². The Hall–Kier alpha value is -1.14. The summed E-state index contributed by atoms with van der Waals surface area (Å²) in [6, 6.07) is 6.60. The number of benzene rings is 1. The first-order valence-electron chi connectivity index (χ1n) is 6.36. The third-order valence-electron chi connectivity index (χ3n) is 2.43. The van der Waals surface area contributed by atoms with E-state index < -0.39 is 5.97 Å². The van der Waals surface area contributed by atoms with Crippen molar-refractivity contribution in [2.24, 2.45) is 0 Å². The normalized spacial score (nSPS) is 10.5. The number of aliphatic hydroxyl groups excluding tert-OH is 1. The molecule has 0 aliphatic heterocycles. The van der Waals surface area contributed by atoms with E-state index in [-0.39, 0.29) is 13.2 Å². The second-order valence-electron chi connectivity index (χ2n) is 3.90. The van der Waals surface area contributed by atoms with Gasteiger partial charge >= 0.3 is 5.97 Å². The monoisotopic (exact) mass is 302 g/mol. The molecule has 1 N–H and O–H groups in total. The third-order valence-corrected chi connectivity index (χ3v) is 2.58. The average molecular weight is 303 g/mol. The molecule has 1 aromatic carbocycles.